The Morgan fingerprint density at radius 3 is 2.81 bits per heavy atom. The third kappa shape index (κ3) is 1.80. The molecule has 1 saturated heterocycles. The fourth-order valence-corrected chi connectivity index (χ4v) is 2.86. The molecule has 2 N–H and O–H groups in total. The molecule has 0 spiro atoms. The third-order valence-corrected chi connectivity index (χ3v) is 4.04. The van der Waals surface area contributed by atoms with Crippen molar-refractivity contribution in [2.45, 2.75) is 30.2 Å². The molecule has 0 aliphatic carbocycles. The number of hydrogen-bond acceptors (Lipinski definition) is 3. The maximum Gasteiger partial charge on any atom is 0.145 e. The fraction of sp³-hybridized carbons (Fsp3) is 0.500. The van der Waals surface area contributed by atoms with Gasteiger partial charge in [-0.25, -0.2) is 4.39 Å². The Hall–Kier alpha value is -0.740. The van der Waals surface area contributed by atoms with Crippen LogP contribution >= 0.6 is 11.8 Å². The Labute approximate surface area is 99.2 Å². The van der Waals surface area contributed by atoms with Crippen molar-refractivity contribution in [1.82, 2.24) is 5.32 Å². The van der Waals surface area contributed by atoms with Crippen molar-refractivity contribution in [1.29, 1.82) is 0 Å². The Morgan fingerprint density at radius 1 is 1.50 bits per heavy atom. The zero-order chi connectivity index (χ0) is 11.8. The van der Waals surface area contributed by atoms with E-state index in [1.807, 2.05) is 6.92 Å². The van der Waals surface area contributed by atoms with Crippen molar-refractivity contribution in [3.63, 3.8) is 0 Å². The van der Waals surface area contributed by atoms with Crippen molar-refractivity contribution in [2.75, 3.05) is 12.8 Å². The number of halogens is 1. The van der Waals surface area contributed by atoms with E-state index in [2.05, 4.69) is 5.32 Å². The largest absolute Gasteiger partial charge is 0.507 e. The summed E-state index contributed by atoms with van der Waals surface area (Å²) in [6, 6.07) is 3.26. The fourth-order valence-electron chi connectivity index (χ4n) is 2.29. The van der Waals surface area contributed by atoms with Gasteiger partial charge < -0.3 is 10.4 Å². The lowest BCUT2D eigenvalue weighted by atomic mass is 9.90. The summed E-state index contributed by atoms with van der Waals surface area (Å²) in [6.45, 7) is 2.94. The van der Waals surface area contributed by atoms with Crippen molar-refractivity contribution in [2.24, 2.45) is 0 Å². The van der Waals surface area contributed by atoms with Crippen LogP contribution in [0.2, 0.25) is 0 Å². The summed E-state index contributed by atoms with van der Waals surface area (Å²) >= 11 is 1.24. The molecule has 1 atom stereocenters. The van der Waals surface area contributed by atoms with Crippen LogP contribution in [0.1, 0.15) is 25.3 Å². The highest BCUT2D eigenvalue weighted by Gasteiger charge is 2.33. The van der Waals surface area contributed by atoms with Gasteiger partial charge in [-0.3, -0.25) is 0 Å². The van der Waals surface area contributed by atoms with Crippen LogP contribution in [0.3, 0.4) is 0 Å². The first-order valence-corrected chi connectivity index (χ1v) is 6.62. The van der Waals surface area contributed by atoms with Crippen molar-refractivity contribution in [3.8, 4) is 5.75 Å². The number of thioether (sulfide) groups is 1. The third-order valence-electron chi connectivity index (χ3n) is 3.24. The second-order valence-corrected chi connectivity index (χ2v) is 5.16. The van der Waals surface area contributed by atoms with E-state index in [9.17, 15) is 9.50 Å². The maximum atomic E-state index is 14.2. The molecule has 4 heteroatoms. The summed E-state index contributed by atoms with van der Waals surface area (Å²) in [6.07, 6.45) is 3.76. The summed E-state index contributed by atoms with van der Waals surface area (Å²) in [5.41, 5.74) is 0.370. The van der Waals surface area contributed by atoms with E-state index in [-0.39, 0.29) is 17.1 Å². The second-order valence-electron chi connectivity index (χ2n) is 4.34. The van der Waals surface area contributed by atoms with Crippen molar-refractivity contribution in [3.05, 3.63) is 23.5 Å². The Kier molecular flexibility index (Phi) is 3.13. The van der Waals surface area contributed by atoms with Gasteiger partial charge >= 0.3 is 0 Å². The average molecular weight is 241 g/mol. The summed E-state index contributed by atoms with van der Waals surface area (Å²) in [5, 5.41) is 12.9. The number of phenolic OH excluding ortho intramolecular Hbond substituents is 1. The molecule has 1 aromatic carbocycles. The molecule has 1 aliphatic rings. The number of hydrogen-bond donors (Lipinski definition) is 2. The van der Waals surface area contributed by atoms with E-state index >= 15 is 0 Å². The Bertz CT molecular complexity index is 402. The summed E-state index contributed by atoms with van der Waals surface area (Å²) in [4.78, 5) is 0.340. The molecule has 0 saturated carbocycles. The Morgan fingerprint density at radius 2 is 2.25 bits per heavy atom. The monoisotopic (exact) mass is 241 g/mol. The zero-order valence-corrected chi connectivity index (χ0v) is 10.3. The minimum atomic E-state index is -0.289. The van der Waals surface area contributed by atoms with Crippen LogP contribution in [0, 0.1) is 5.82 Å². The van der Waals surface area contributed by atoms with Crippen LogP contribution in [-0.2, 0) is 5.54 Å². The van der Waals surface area contributed by atoms with Crippen LogP contribution in [-0.4, -0.2) is 17.9 Å². The Balaban J connectivity index is 2.49. The molecule has 0 bridgehead atoms. The average Bonchev–Trinajstić information content (AvgIpc) is 2.66. The van der Waals surface area contributed by atoms with E-state index in [0.29, 0.717) is 10.5 Å². The lowest BCUT2D eigenvalue weighted by Gasteiger charge is -2.26. The molecule has 1 fully saturated rings. The van der Waals surface area contributed by atoms with Gasteiger partial charge in [-0.1, -0.05) is 6.07 Å². The molecule has 1 aromatic rings. The highest BCUT2D eigenvalue weighted by molar-refractivity contribution is 7.98. The van der Waals surface area contributed by atoms with Gasteiger partial charge in [0.1, 0.15) is 11.6 Å². The summed E-state index contributed by atoms with van der Waals surface area (Å²) in [7, 11) is 0. The number of benzene rings is 1. The highest BCUT2D eigenvalue weighted by atomic mass is 32.2. The highest BCUT2D eigenvalue weighted by Crippen LogP contribution is 2.38. The zero-order valence-electron chi connectivity index (χ0n) is 9.51. The van der Waals surface area contributed by atoms with Crippen LogP contribution < -0.4 is 5.32 Å². The molecule has 2 rings (SSSR count). The van der Waals surface area contributed by atoms with Gasteiger partial charge in [-0.15, -0.1) is 11.8 Å². The SMILES string of the molecule is CSc1c(O)ccc(C2(C)CCCN2)c1F. The summed E-state index contributed by atoms with van der Waals surface area (Å²) < 4.78 is 14.2. The van der Waals surface area contributed by atoms with Crippen LogP contribution in [0.25, 0.3) is 0 Å². The molecule has 16 heavy (non-hydrogen) atoms. The van der Waals surface area contributed by atoms with E-state index in [0.717, 1.165) is 19.4 Å². The number of aromatic hydroxyl groups is 1. The molecule has 88 valence electrons. The van der Waals surface area contributed by atoms with Crippen molar-refractivity contribution < 1.29 is 9.50 Å². The first kappa shape index (κ1) is 11.7. The van der Waals surface area contributed by atoms with Crippen molar-refractivity contribution >= 4 is 11.8 Å². The van der Waals surface area contributed by atoms with E-state index in [4.69, 9.17) is 0 Å². The van der Waals surface area contributed by atoms with Gasteiger partial charge in [0.25, 0.3) is 0 Å². The van der Waals surface area contributed by atoms with Gasteiger partial charge in [0.05, 0.1) is 4.90 Å². The lowest BCUT2D eigenvalue weighted by Crippen LogP contribution is -2.34. The topological polar surface area (TPSA) is 32.3 Å². The van der Waals surface area contributed by atoms with Gasteiger partial charge in [0.2, 0.25) is 0 Å². The number of nitrogens with one attached hydrogen (secondary N) is 1. The van der Waals surface area contributed by atoms with Gasteiger partial charge in [0.15, 0.2) is 0 Å². The molecular weight excluding hydrogens is 225 g/mol. The number of rotatable bonds is 2. The van der Waals surface area contributed by atoms with E-state index in [1.54, 1.807) is 18.4 Å². The molecule has 0 amide bonds. The summed E-state index contributed by atoms with van der Waals surface area (Å²) in [5.74, 6) is -0.264. The van der Waals surface area contributed by atoms with E-state index in [1.165, 1.54) is 11.8 Å². The normalized spacial score (nSPS) is 24.9. The molecule has 0 aromatic heterocycles. The maximum absolute atomic E-state index is 14.2. The lowest BCUT2D eigenvalue weighted by molar-refractivity contribution is 0.396. The standard InChI is InChI=1S/C12H16FNOS/c1-12(6-3-7-14-12)8-4-5-9(15)11(16-2)10(8)13/h4-5,14-15H,3,6-7H2,1-2H3. The first-order valence-electron chi connectivity index (χ1n) is 5.39. The predicted octanol–water partition coefficient (Wildman–Crippen LogP) is 2.85. The van der Waals surface area contributed by atoms with Crippen LogP contribution in [0.15, 0.2) is 17.0 Å². The predicted molar refractivity (Wildman–Crippen MR) is 64.4 cm³/mol. The van der Waals surface area contributed by atoms with Gasteiger partial charge in [-0.2, -0.15) is 0 Å². The van der Waals surface area contributed by atoms with Gasteiger partial charge in [0, 0.05) is 11.1 Å². The molecule has 1 unspecified atom stereocenters. The second kappa shape index (κ2) is 4.26. The molecular formula is C12H16FNOS. The van der Waals surface area contributed by atoms with Crippen LogP contribution in [0.4, 0.5) is 4.39 Å². The quantitative estimate of drug-likeness (QED) is 0.781. The van der Waals surface area contributed by atoms with Crippen LogP contribution in [0.5, 0.6) is 5.75 Å². The smallest absolute Gasteiger partial charge is 0.145 e. The minimum absolute atomic E-state index is 0.0235. The first-order chi connectivity index (χ1) is 7.58. The molecule has 1 aliphatic heterocycles. The number of phenols is 1. The molecule has 2 nitrogen and oxygen atoms in total. The molecule has 1 heterocycles. The van der Waals surface area contributed by atoms with Gasteiger partial charge in [-0.05, 0) is 38.6 Å². The molecule has 0 radical (unpaired) electrons. The minimum Gasteiger partial charge on any atom is -0.507 e. The van der Waals surface area contributed by atoms with E-state index < -0.39 is 0 Å².